The lowest BCUT2D eigenvalue weighted by atomic mass is 10.8. The maximum Gasteiger partial charge on any atom is 0.356 e. The predicted octanol–water partition coefficient (Wildman–Crippen LogP) is -0.00900. The van der Waals surface area contributed by atoms with Gasteiger partial charge in [-0.2, -0.15) is 4.91 Å². The largest absolute Gasteiger partial charge is 0.356 e. The molecule has 1 N–H and O–H groups in total. The molecular weight excluding hydrogens is 144 g/mol. The highest BCUT2D eigenvalue weighted by Crippen LogP contribution is 1.77. The minimum Gasteiger partial charge on any atom is -0.270 e. The van der Waals surface area contributed by atoms with Gasteiger partial charge in [0, 0.05) is 0 Å². The third kappa shape index (κ3) is 3.32. The van der Waals surface area contributed by atoms with Gasteiger partial charge >= 0.3 is 5.96 Å². The summed E-state index contributed by atoms with van der Waals surface area (Å²) in [4.78, 5) is 4.39. The highest BCUT2D eigenvalue weighted by molar-refractivity contribution is 5.73. The molecule has 6 heteroatoms. The average molecular weight is 157 g/mol. The second-order valence-corrected chi connectivity index (χ2v) is 2.41. The SMILES string of the molecule is CN(C)C(NN=[N+]=[N-])=[N+](C)C. The Labute approximate surface area is 65.7 Å². The molecule has 0 saturated carbocycles. The Bertz CT molecular complexity index is 195. The number of azide groups is 1. The second-order valence-electron chi connectivity index (χ2n) is 2.41. The Morgan fingerprint density at radius 1 is 1.55 bits per heavy atom. The zero-order chi connectivity index (χ0) is 8.85. The molecule has 0 aromatic carbocycles. The van der Waals surface area contributed by atoms with Gasteiger partial charge in [0.25, 0.3) is 0 Å². The van der Waals surface area contributed by atoms with Gasteiger partial charge in [-0.25, -0.2) is 5.43 Å². The van der Waals surface area contributed by atoms with Crippen molar-refractivity contribution < 1.29 is 4.58 Å². The number of hydrogen-bond acceptors (Lipinski definition) is 1. The summed E-state index contributed by atoms with van der Waals surface area (Å²) < 4.78 is 1.81. The average Bonchev–Trinajstić information content (AvgIpc) is 1.87. The maximum absolute atomic E-state index is 8.02. The Kier molecular flexibility index (Phi) is 3.84. The van der Waals surface area contributed by atoms with Gasteiger partial charge in [-0.05, 0) is 5.22 Å². The van der Waals surface area contributed by atoms with Crippen molar-refractivity contribution in [1.82, 2.24) is 10.3 Å². The van der Waals surface area contributed by atoms with Crippen molar-refractivity contribution in [3.63, 3.8) is 0 Å². The molecular formula is C5H13N6+. The standard InChI is InChI=1S/C5H12N6/c1-10(2)5(11(3)4)7-9-8-6/h1-4H3/p+1. The molecule has 0 aliphatic rings. The zero-order valence-electron chi connectivity index (χ0n) is 7.24. The van der Waals surface area contributed by atoms with E-state index in [4.69, 9.17) is 5.53 Å². The van der Waals surface area contributed by atoms with Gasteiger partial charge in [-0.1, -0.05) is 0 Å². The van der Waals surface area contributed by atoms with Gasteiger partial charge in [0.2, 0.25) is 0 Å². The molecule has 0 aliphatic heterocycles. The van der Waals surface area contributed by atoms with Crippen molar-refractivity contribution in [3.05, 3.63) is 10.4 Å². The predicted molar refractivity (Wildman–Crippen MR) is 43.1 cm³/mol. The van der Waals surface area contributed by atoms with Crippen LogP contribution in [-0.4, -0.2) is 43.6 Å². The summed E-state index contributed by atoms with van der Waals surface area (Å²) in [7, 11) is 7.43. The molecule has 0 spiro atoms. The van der Waals surface area contributed by atoms with E-state index in [0.717, 1.165) is 5.96 Å². The van der Waals surface area contributed by atoms with Crippen molar-refractivity contribution in [3.8, 4) is 0 Å². The molecule has 0 aliphatic carbocycles. The van der Waals surface area contributed by atoms with Crippen LogP contribution in [0.4, 0.5) is 0 Å². The molecule has 0 aromatic rings. The minimum absolute atomic E-state index is 0.739. The fourth-order valence-corrected chi connectivity index (χ4v) is 0.667. The van der Waals surface area contributed by atoms with Gasteiger partial charge in [0.15, 0.2) is 0 Å². The first-order valence-corrected chi connectivity index (χ1v) is 3.11. The molecule has 11 heavy (non-hydrogen) atoms. The van der Waals surface area contributed by atoms with Crippen LogP contribution in [0.25, 0.3) is 10.4 Å². The van der Waals surface area contributed by atoms with E-state index < -0.39 is 0 Å². The first-order valence-electron chi connectivity index (χ1n) is 3.11. The highest BCUT2D eigenvalue weighted by atomic mass is 15.5. The van der Waals surface area contributed by atoms with E-state index in [1.54, 1.807) is 0 Å². The van der Waals surface area contributed by atoms with Crippen LogP contribution in [0.1, 0.15) is 0 Å². The highest BCUT2D eigenvalue weighted by Gasteiger charge is 2.07. The molecule has 0 heterocycles. The fourth-order valence-electron chi connectivity index (χ4n) is 0.667. The summed E-state index contributed by atoms with van der Waals surface area (Å²) in [5.41, 5.74) is 10.6. The maximum atomic E-state index is 8.02. The van der Waals surface area contributed by atoms with Crippen LogP contribution in [0, 0.1) is 0 Å². The van der Waals surface area contributed by atoms with Crippen molar-refractivity contribution >= 4 is 5.96 Å². The van der Waals surface area contributed by atoms with Gasteiger partial charge < -0.3 is 0 Å². The molecule has 0 radical (unpaired) electrons. The summed E-state index contributed by atoms with van der Waals surface area (Å²) in [5.74, 6) is 0.739. The molecule has 0 rings (SSSR count). The molecule has 0 saturated heterocycles. The number of hydrogen-bond donors (Lipinski definition) is 1. The number of rotatable bonds is 1. The number of nitrogens with one attached hydrogen (secondary N) is 1. The van der Waals surface area contributed by atoms with Crippen LogP contribution in [0.5, 0.6) is 0 Å². The van der Waals surface area contributed by atoms with Crippen LogP contribution < -0.4 is 5.43 Å². The van der Waals surface area contributed by atoms with Crippen molar-refractivity contribution in [1.29, 1.82) is 0 Å². The molecule has 0 bridgehead atoms. The quantitative estimate of drug-likeness (QED) is 0.111. The summed E-state index contributed by atoms with van der Waals surface area (Å²) in [6.45, 7) is 0. The third-order valence-corrected chi connectivity index (χ3v) is 1.04. The lowest BCUT2D eigenvalue weighted by molar-refractivity contribution is -0.472. The molecule has 0 atom stereocenters. The third-order valence-electron chi connectivity index (χ3n) is 1.04. The molecule has 0 amide bonds. The van der Waals surface area contributed by atoms with Crippen LogP contribution in [0.2, 0.25) is 0 Å². The summed E-state index contributed by atoms with van der Waals surface area (Å²) >= 11 is 0. The topological polar surface area (TPSA) is 67.0 Å². The lowest BCUT2D eigenvalue weighted by Gasteiger charge is -2.09. The van der Waals surface area contributed by atoms with Gasteiger partial charge in [0.1, 0.15) is 0 Å². The van der Waals surface area contributed by atoms with Crippen LogP contribution in [0.15, 0.2) is 5.22 Å². The molecule has 0 unspecified atom stereocenters. The smallest absolute Gasteiger partial charge is 0.270 e. The Morgan fingerprint density at radius 2 is 2.09 bits per heavy atom. The van der Waals surface area contributed by atoms with Crippen LogP contribution >= 0.6 is 0 Å². The van der Waals surface area contributed by atoms with Crippen LogP contribution in [-0.2, 0) is 0 Å². The Balaban J connectivity index is 4.37. The van der Waals surface area contributed by atoms with E-state index in [0.29, 0.717) is 0 Å². The summed E-state index contributed by atoms with van der Waals surface area (Å²) in [6.07, 6.45) is 0. The molecule has 62 valence electrons. The first kappa shape index (κ1) is 9.58. The van der Waals surface area contributed by atoms with E-state index in [1.165, 1.54) is 0 Å². The van der Waals surface area contributed by atoms with Gasteiger partial charge in [-0.15, -0.1) is 5.53 Å². The Hall–Kier alpha value is -1.42. The van der Waals surface area contributed by atoms with E-state index in [1.807, 2.05) is 37.7 Å². The van der Waals surface area contributed by atoms with Crippen molar-refractivity contribution in [2.75, 3.05) is 28.2 Å². The first-order chi connectivity index (χ1) is 5.09. The normalized spacial score (nSPS) is 8.00. The minimum atomic E-state index is 0.739. The van der Waals surface area contributed by atoms with Gasteiger partial charge in [-0.3, -0.25) is 9.48 Å². The van der Waals surface area contributed by atoms with E-state index in [9.17, 15) is 0 Å². The second kappa shape index (κ2) is 4.40. The summed E-state index contributed by atoms with van der Waals surface area (Å²) in [5, 5.41) is 3.22. The van der Waals surface area contributed by atoms with Crippen molar-refractivity contribution in [2.45, 2.75) is 0 Å². The molecule has 0 aromatic heterocycles. The van der Waals surface area contributed by atoms with E-state index >= 15 is 0 Å². The van der Waals surface area contributed by atoms with Gasteiger partial charge in [0.05, 0.1) is 28.2 Å². The van der Waals surface area contributed by atoms with E-state index in [2.05, 4.69) is 15.6 Å². The molecule has 6 nitrogen and oxygen atoms in total. The fraction of sp³-hybridized carbons (Fsp3) is 0.800. The summed E-state index contributed by atoms with van der Waals surface area (Å²) in [6, 6.07) is 0. The Morgan fingerprint density at radius 3 is 2.36 bits per heavy atom. The number of nitrogens with zero attached hydrogens (tertiary/aromatic N) is 5. The van der Waals surface area contributed by atoms with E-state index in [-0.39, 0.29) is 0 Å². The monoisotopic (exact) mass is 157 g/mol. The number of guanidine groups is 1. The molecule has 0 fully saturated rings. The van der Waals surface area contributed by atoms with Crippen molar-refractivity contribution in [2.24, 2.45) is 5.22 Å². The zero-order valence-corrected chi connectivity index (χ0v) is 7.24. The van der Waals surface area contributed by atoms with Crippen LogP contribution in [0.3, 0.4) is 0 Å². The lowest BCUT2D eigenvalue weighted by Crippen LogP contribution is -2.39.